The van der Waals surface area contributed by atoms with Crippen LogP contribution in [0, 0.1) is 5.92 Å². The molecule has 3 heteroatoms. The Morgan fingerprint density at radius 3 is 2.83 bits per heavy atom. The third-order valence-corrected chi connectivity index (χ3v) is 2.21. The molecule has 1 N–H and O–H groups in total. The standard InChI is InChI=1S/C9H17NO2/c1-6(2)9(11)10-7-4-5-8(7)12-3/h6-8H,4-5H2,1-3H3,(H,10,11)/t7-,8-/m0/s1/i3D3. The molecule has 2 atom stereocenters. The van der Waals surface area contributed by atoms with Crippen molar-refractivity contribution in [2.24, 2.45) is 5.92 Å². The van der Waals surface area contributed by atoms with E-state index in [-0.39, 0.29) is 24.0 Å². The SMILES string of the molecule is [2H]C([2H])([2H])O[C@H]1CC[C@@H]1NC(=O)C(C)C. The van der Waals surface area contributed by atoms with Gasteiger partial charge in [0.1, 0.15) is 0 Å². The maximum absolute atomic E-state index is 11.3. The quantitative estimate of drug-likeness (QED) is 0.691. The Balaban J connectivity index is 2.36. The molecule has 1 rings (SSSR count). The molecule has 1 amide bonds. The molecule has 0 heterocycles. The summed E-state index contributed by atoms with van der Waals surface area (Å²) in [6, 6.07) is -0.139. The molecule has 1 aliphatic rings. The number of hydrogen-bond acceptors (Lipinski definition) is 2. The van der Waals surface area contributed by atoms with Gasteiger partial charge in [-0.1, -0.05) is 13.8 Å². The summed E-state index contributed by atoms with van der Waals surface area (Å²) in [5.74, 6) is -0.141. The smallest absolute Gasteiger partial charge is 0.222 e. The highest BCUT2D eigenvalue weighted by Gasteiger charge is 2.32. The van der Waals surface area contributed by atoms with Crippen LogP contribution in [0.1, 0.15) is 30.8 Å². The molecular weight excluding hydrogens is 154 g/mol. The van der Waals surface area contributed by atoms with Crippen molar-refractivity contribution in [2.75, 3.05) is 7.04 Å². The van der Waals surface area contributed by atoms with Gasteiger partial charge in [0.05, 0.1) is 16.3 Å². The van der Waals surface area contributed by atoms with E-state index in [1.54, 1.807) is 13.8 Å². The van der Waals surface area contributed by atoms with E-state index in [1.165, 1.54) is 0 Å². The molecule has 0 aromatic rings. The fraction of sp³-hybridized carbons (Fsp3) is 0.889. The van der Waals surface area contributed by atoms with Crippen LogP contribution in [0.15, 0.2) is 0 Å². The molecule has 12 heavy (non-hydrogen) atoms. The second-order valence-electron chi connectivity index (χ2n) is 3.50. The molecule has 1 aliphatic carbocycles. The summed E-state index contributed by atoms with van der Waals surface area (Å²) in [6.45, 7) is 3.60. The van der Waals surface area contributed by atoms with Gasteiger partial charge in [0.25, 0.3) is 0 Å². The van der Waals surface area contributed by atoms with Gasteiger partial charge in [-0.15, -0.1) is 0 Å². The molecule has 0 radical (unpaired) electrons. The lowest BCUT2D eigenvalue weighted by atomic mass is 9.88. The van der Waals surface area contributed by atoms with Crippen molar-refractivity contribution < 1.29 is 13.6 Å². The lowest BCUT2D eigenvalue weighted by Gasteiger charge is -2.36. The Bertz CT molecular complexity index is 240. The first-order valence-corrected chi connectivity index (χ1v) is 4.28. The molecule has 0 unspecified atom stereocenters. The summed E-state index contributed by atoms with van der Waals surface area (Å²) in [6.07, 6.45) is 1.13. The fourth-order valence-corrected chi connectivity index (χ4v) is 1.12. The van der Waals surface area contributed by atoms with E-state index in [9.17, 15) is 4.79 Å². The summed E-state index contributed by atoms with van der Waals surface area (Å²) >= 11 is 0. The number of carbonyl (C=O) groups is 1. The largest absolute Gasteiger partial charge is 0.379 e. The van der Waals surface area contributed by atoms with Crippen LogP contribution in [0.5, 0.6) is 0 Å². The Hall–Kier alpha value is -0.570. The Morgan fingerprint density at radius 1 is 1.67 bits per heavy atom. The highest BCUT2D eigenvalue weighted by molar-refractivity contribution is 5.78. The predicted molar refractivity (Wildman–Crippen MR) is 46.8 cm³/mol. The van der Waals surface area contributed by atoms with Gasteiger partial charge in [0, 0.05) is 13.0 Å². The van der Waals surface area contributed by atoms with Crippen molar-refractivity contribution in [2.45, 2.75) is 38.8 Å². The van der Waals surface area contributed by atoms with Crippen LogP contribution in [0.4, 0.5) is 0 Å². The van der Waals surface area contributed by atoms with E-state index in [0.717, 1.165) is 6.42 Å². The van der Waals surface area contributed by atoms with Gasteiger partial charge in [-0.3, -0.25) is 4.79 Å². The zero-order valence-electron chi connectivity index (χ0n) is 10.5. The van der Waals surface area contributed by atoms with Crippen LogP contribution in [-0.4, -0.2) is 25.1 Å². The van der Waals surface area contributed by atoms with Gasteiger partial charge >= 0.3 is 0 Å². The van der Waals surface area contributed by atoms with E-state index < -0.39 is 7.04 Å². The minimum absolute atomic E-state index is 0.0566. The lowest BCUT2D eigenvalue weighted by Crippen LogP contribution is -2.52. The van der Waals surface area contributed by atoms with E-state index >= 15 is 0 Å². The van der Waals surface area contributed by atoms with Crippen molar-refractivity contribution in [1.82, 2.24) is 5.32 Å². The Kier molecular flexibility index (Phi) is 1.94. The van der Waals surface area contributed by atoms with Crippen LogP contribution in [0.2, 0.25) is 0 Å². The highest BCUT2D eigenvalue weighted by atomic mass is 16.5. The minimum atomic E-state index is -2.37. The van der Waals surface area contributed by atoms with E-state index in [1.807, 2.05) is 0 Å². The Morgan fingerprint density at radius 2 is 2.42 bits per heavy atom. The van der Waals surface area contributed by atoms with Crippen molar-refractivity contribution in [3.05, 3.63) is 0 Å². The molecular formula is C9H17NO2. The van der Waals surface area contributed by atoms with E-state index in [4.69, 9.17) is 8.85 Å². The average Bonchev–Trinajstić information content (AvgIpc) is 2.06. The number of hydrogen-bond donors (Lipinski definition) is 1. The van der Waals surface area contributed by atoms with E-state index in [0.29, 0.717) is 6.42 Å². The predicted octanol–water partition coefficient (Wildman–Crippen LogP) is 0.936. The Labute approximate surface area is 77.7 Å². The molecule has 0 bridgehead atoms. The number of nitrogens with one attached hydrogen (secondary N) is 1. The monoisotopic (exact) mass is 174 g/mol. The van der Waals surface area contributed by atoms with Crippen LogP contribution in [0.25, 0.3) is 0 Å². The minimum Gasteiger partial charge on any atom is -0.379 e. The van der Waals surface area contributed by atoms with Crippen molar-refractivity contribution in [3.63, 3.8) is 0 Å². The zero-order chi connectivity index (χ0) is 11.6. The summed E-state index contributed by atoms with van der Waals surface area (Å²) < 4.78 is 25.7. The third-order valence-electron chi connectivity index (χ3n) is 2.21. The normalized spacial score (nSPS) is 33.1. The average molecular weight is 174 g/mol. The van der Waals surface area contributed by atoms with Gasteiger partial charge in [0.15, 0.2) is 0 Å². The maximum Gasteiger partial charge on any atom is 0.222 e. The third kappa shape index (κ3) is 1.97. The van der Waals surface area contributed by atoms with Crippen LogP contribution < -0.4 is 5.32 Å². The molecule has 0 saturated heterocycles. The van der Waals surface area contributed by atoms with E-state index in [2.05, 4.69) is 5.32 Å². The number of rotatable bonds is 3. The fourth-order valence-electron chi connectivity index (χ4n) is 1.12. The lowest BCUT2D eigenvalue weighted by molar-refractivity contribution is -0.127. The highest BCUT2D eigenvalue weighted by Crippen LogP contribution is 2.22. The van der Waals surface area contributed by atoms with Crippen molar-refractivity contribution in [1.29, 1.82) is 0 Å². The number of methoxy groups -OCH3 is 1. The molecule has 70 valence electrons. The van der Waals surface area contributed by atoms with Crippen LogP contribution >= 0.6 is 0 Å². The first kappa shape index (κ1) is 5.97. The topological polar surface area (TPSA) is 38.3 Å². The molecule has 1 fully saturated rings. The summed E-state index contributed by atoms with van der Waals surface area (Å²) in [7, 11) is -2.37. The zero-order valence-corrected chi connectivity index (χ0v) is 7.46. The van der Waals surface area contributed by atoms with Gasteiger partial charge in [0.2, 0.25) is 5.91 Å². The molecule has 0 spiro atoms. The molecule has 0 aliphatic heterocycles. The molecule has 3 nitrogen and oxygen atoms in total. The molecule has 0 aromatic heterocycles. The summed E-state index contributed by atoms with van der Waals surface area (Å²) in [5, 5.41) is 2.77. The van der Waals surface area contributed by atoms with Crippen molar-refractivity contribution in [3.8, 4) is 0 Å². The first-order valence-electron chi connectivity index (χ1n) is 5.78. The number of carbonyl (C=O) groups excluding carboxylic acids is 1. The summed E-state index contributed by atoms with van der Waals surface area (Å²) in [4.78, 5) is 11.3. The maximum atomic E-state index is 11.3. The van der Waals surface area contributed by atoms with Gasteiger partial charge in [-0.25, -0.2) is 0 Å². The number of ether oxygens (including phenoxy) is 1. The number of amides is 1. The first-order chi connectivity index (χ1) is 6.79. The second kappa shape index (κ2) is 3.90. The molecule has 1 saturated carbocycles. The molecule has 0 aromatic carbocycles. The van der Waals surface area contributed by atoms with Gasteiger partial charge < -0.3 is 10.1 Å². The van der Waals surface area contributed by atoms with Gasteiger partial charge in [-0.05, 0) is 12.8 Å². The summed E-state index contributed by atoms with van der Waals surface area (Å²) in [5.41, 5.74) is 0. The second-order valence-corrected chi connectivity index (χ2v) is 3.50. The van der Waals surface area contributed by atoms with Gasteiger partial charge in [-0.2, -0.15) is 0 Å². The van der Waals surface area contributed by atoms with Crippen LogP contribution in [0.3, 0.4) is 0 Å². The van der Waals surface area contributed by atoms with Crippen molar-refractivity contribution >= 4 is 5.91 Å². The van der Waals surface area contributed by atoms with Crippen LogP contribution in [-0.2, 0) is 9.53 Å².